The van der Waals surface area contributed by atoms with Crippen molar-refractivity contribution >= 4 is 52.2 Å². The van der Waals surface area contributed by atoms with E-state index >= 15 is 0 Å². The highest BCUT2D eigenvalue weighted by Gasteiger charge is 2.27. The molecule has 0 heterocycles. The third-order valence-corrected chi connectivity index (χ3v) is 7.49. The lowest BCUT2D eigenvalue weighted by atomic mass is 9.91. The molecule has 2 saturated carbocycles. The zero-order valence-corrected chi connectivity index (χ0v) is 18.6. The Morgan fingerprint density at radius 2 is 1.00 bits per heavy atom. The van der Waals surface area contributed by atoms with Gasteiger partial charge in [0.15, 0.2) is 5.78 Å². The first-order chi connectivity index (χ1) is 13.5. The van der Waals surface area contributed by atoms with Gasteiger partial charge in [-0.15, -0.1) is 0 Å². The molecule has 2 fully saturated rings. The lowest BCUT2D eigenvalue weighted by molar-refractivity contribution is 0.103. The molecule has 5 heteroatoms. The number of carbonyl (C=O) groups is 1. The molecule has 2 aliphatic carbocycles. The van der Waals surface area contributed by atoms with Gasteiger partial charge in [-0.05, 0) is 72.9 Å². The van der Waals surface area contributed by atoms with Crippen molar-refractivity contribution in [1.29, 1.82) is 0 Å². The van der Waals surface area contributed by atoms with Gasteiger partial charge in [-0.25, -0.2) is 0 Å². The summed E-state index contributed by atoms with van der Waals surface area (Å²) >= 11 is 26.2. The van der Waals surface area contributed by atoms with Crippen molar-refractivity contribution in [3.8, 4) is 0 Å². The maximum absolute atomic E-state index is 13.4. The molecule has 2 aliphatic rings. The first-order valence-corrected chi connectivity index (χ1v) is 11.5. The Kier molecular flexibility index (Phi) is 6.28. The van der Waals surface area contributed by atoms with Crippen LogP contribution in [0.2, 0.25) is 20.1 Å². The molecule has 0 amide bonds. The lowest BCUT2D eigenvalue weighted by Gasteiger charge is -2.18. The van der Waals surface area contributed by atoms with E-state index in [1.165, 1.54) is 25.7 Å². The minimum Gasteiger partial charge on any atom is -0.288 e. The Morgan fingerprint density at radius 3 is 1.36 bits per heavy atom. The second-order valence-electron chi connectivity index (χ2n) is 8.01. The standard InChI is InChI=1S/C23H22Cl4O/c24-15-9-17(13-5-1-2-6-13)21(26)19(11-15)23(28)20-12-16(25)10-18(22(20)27)14-7-3-4-8-14/h9-14H,1-8H2. The predicted octanol–water partition coefficient (Wildman–Crippen LogP) is 8.85. The van der Waals surface area contributed by atoms with E-state index < -0.39 is 0 Å². The summed E-state index contributed by atoms with van der Waals surface area (Å²) in [5, 5.41) is 2.06. The van der Waals surface area contributed by atoms with Gasteiger partial charge in [0.2, 0.25) is 0 Å². The summed E-state index contributed by atoms with van der Waals surface area (Å²) in [6, 6.07) is 7.11. The Hall–Kier alpha value is -0.730. The van der Waals surface area contributed by atoms with E-state index in [0.29, 0.717) is 43.1 Å². The topological polar surface area (TPSA) is 17.1 Å². The zero-order valence-electron chi connectivity index (χ0n) is 15.5. The Balaban J connectivity index is 1.78. The minimum atomic E-state index is -0.210. The number of rotatable bonds is 4. The normalized spacial score (nSPS) is 18.1. The van der Waals surface area contributed by atoms with E-state index in [-0.39, 0.29) is 5.78 Å². The maximum Gasteiger partial charge on any atom is 0.196 e. The summed E-state index contributed by atoms with van der Waals surface area (Å²) in [5.41, 5.74) is 2.78. The smallest absolute Gasteiger partial charge is 0.196 e. The van der Waals surface area contributed by atoms with E-state index in [9.17, 15) is 4.79 Å². The molecule has 0 aliphatic heterocycles. The molecule has 0 unspecified atom stereocenters. The third-order valence-electron chi connectivity index (χ3n) is 6.21. The minimum absolute atomic E-state index is 0.210. The highest BCUT2D eigenvalue weighted by Crippen LogP contribution is 2.43. The summed E-state index contributed by atoms with van der Waals surface area (Å²) < 4.78 is 0. The number of hydrogen-bond donors (Lipinski definition) is 0. The van der Waals surface area contributed by atoms with Gasteiger partial charge in [-0.3, -0.25) is 4.79 Å². The Labute approximate surface area is 186 Å². The quantitative estimate of drug-likeness (QED) is 0.420. The first-order valence-electron chi connectivity index (χ1n) is 9.98. The lowest BCUT2D eigenvalue weighted by Crippen LogP contribution is -2.08. The van der Waals surface area contributed by atoms with E-state index in [1.54, 1.807) is 12.1 Å². The SMILES string of the molecule is O=C(c1cc(Cl)cc(C2CCCC2)c1Cl)c1cc(Cl)cc(C2CCCC2)c1Cl. The fourth-order valence-electron chi connectivity index (χ4n) is 4.76. The molecule has 2 aromatic carbocycles. The molecule has 0 spiro atoms. The van der Waals surface area contributed by atoms with Gasteiger partial charge in [0.05, 0.1) is 10.0 Å². The predicted molar refractivity (Wildman–Crippen MR) is 119 cm³/mol. The van der Waals surface area contributed by atoms with Crippen LogP contribution in [0.15, 0.2) is 24.3 Å². The molecule has 2 aromatic rings. The van der Waals surface area contributed by atoms with Crippen LogP contribution in [0, 0.1) is 0 Å². The van der Waals surface area contributed by atoms with Crippen LogP contribution in [-0.4, -0.2) is 5.78 Å². The second-order valence-corrected chi connectivity index (χ2v) is 9.63. The van der Waals surface area contributed by atoms with Crippen LogP contribution in [0.3, 0.4) is 0 Å². The summed E-state index contributed by atoms with van der Waals surface area (Å²) in [5.74, 6) is 0.516. The molecule has 28 heavy (non-hydrogen) atoms. The van der Waals surface area contributed by atoms with Crippen molar-refractivity contribution in [2.45, 2.75) is 63.2 Å². The first kappa shape index (κ1) is 20.5. The van der Waals surface area contributed by atoms with Gasteiger partial charge in [0.25, 0.3) is 0 Å². The van der Waals surface area contributed by atoms with Crippen LogP contribution in [0.1, 0.15) is 90.3 Å². The van der Waals surface area contributed by atoms with E-state index in [0.717, 1.165) is 36.8 Å². The van der Waals surface area contributed by atoms with Gasteiger partial charge in [-0.2, -0.15) is 0 Å². The molecule has 4 rings (SSSR count). The van der Waals surface area contributed by atoms with Gasteiger partial charge in [0.1, 0.15) is 0 Å². The average molecular weight is 456 g/mol. The Bertz CT molecular complexity index is 836. The fraction of sp³-hybridized carbons (Fsp3) is 0.435. The van der Waals surface area contributed by atoms with E-state index in [4.69, 9.17) is 46.4 Å². The molecule has 1 nitrogen and oxygen atoms in total. The average Bonchev–Trinajstić information content (AvgIpc) is 3.38. The van der Waals surface area contributed by atoms with Crippen LogP contribution in [0.5, 0.6) is 0 Å². The van der Waals surface area contributed by atoms with Gasteiger partial charge in [0, 0.05) is 21.2 Å². The van der Waals surface area contributed by atoms with Crippen molar-refractivity contribution in [3.05, 3.63) is 66.6 Å². The third kappa shape index (κ3) is 3.97. The van der Waals surface area contributed by atoms with Gasteiger partial charge in [-0.1, -0.05) is 72.1 Å². The number of carbonyl (C=O) groups excluding carboxylic acids is 1. The van der Waals surface area contributed by atoms with Crippen LogP contribution in [-0.2, 0) is 0 Å². The summed E-state index contributed by atoms with van der Waals surface area (Å²) in [6.07, 6.45) is 9.05. The van der Waals surface area contributed by atoms with E-state index in [2.05, 4.69) is 0 Å². The number of benzene rings is 2. The molecular weight excluding hydrogens is 434 g/mol. The number of hydrogen-bond acceptors (Lipinski definition) is 1. The maximum atomic E-state index is 13.4. The molecule has 0 N–H and O–H groups in total. The summed E-state index contributed by atoms with van der Waals surface area (Å²) in [4.78, 5) is 13.4. The molecule has 0 atom stereocenters. The molecule has 0 radical (unpaired) electrons. The molecule has 0 aromatic heterocycles. The number of ketones is 1. The van der Waals surface area contributed by atoms with Crippen molar-refractivity contribution < 1.29 is 4.79 Å². The van der Waals surface area contributed by atoms with Crippen LogP contribution in [0.25, 0.3) is 0 Å². The monoisotopic (exact) mass is 454 g/mol. The van der Waals surface area contributed by atoms with Crippen LogP contribution in [0.4, 0.5) is 0 Å². The molecule has 0 bridgehead atoms. The van der Waals surface area contributed by atoms with Crippen LogP contribution >= 0.6 is 46.4 Å². The van der Waals surface area contributed by atoms with Gasteiger partial charge >= 0.3 is 0 Å². The van der Waals surface area contributed by atoms with E-state index in [1.807, 2.05) is 12.1 Å². The summed E-state index contributed by atoms with van der Waals surface area (Å²) in [7, 11) is 0. The highest BCUT2D eigenvalue weighted by molar-refractivity contribution is 6.41. The fourth-order valence-corrected chi connectivity index (χ4v) is 5.92. The molecule has 0 saturated heterocycles. The summed E-state index contributed by atoms with van der Waals surface area (Å²) in [6.45, 7) is 0. The highest BCUT2D eigenvalue weighted by atomic mass is 35.5. The van der Waals surface area contributed by atoms with Crippen molar-refractivity contribution in [2.24, 2.45) is 0 Å². The van der Waals surface area contributed by atoms with Gasteiger partial charge < -0.3 is 0 Å². The largest absolute Gasteiger partial charge is 0.288 e. The van der Waals surface area contributed by atoms with Crippen LogP contribution < -0.4 is 0 Å². The molecule has 148 valence electrons. The molecular formula is C23H22Cl4O. The number of halogens is 4. The van der Waals surface area contributed by atoms with Crippen molar-refractivity contribution in [2.75, 3.05) is 0 Å². The Morgan fingerprint density at radius 1 is 0.643 bits per heavy atom. The van der Waals surface area contributed by atoms with Crippen molar-refractivity contribution in [1.82, 2.24) is 0 Å². The second kappa shape index (κ2) is 8.56. The van der Waals surface area contributed by atoms with Crippen molar-refractivity contribution in [3.63, 3.8) is 0 Å². The zero-order chi connectivity index (χ0) is 19.8.